The number of amides is 7. The number of Topliss-reactive ketones (excluding diaryl/α,β-unsaturated/α-hetero) is 5. The summed E-state index contributed by atoms with van der Waals surface area (Å²) in [5, 5.41) is 90.5. The number of hydrogen-bond donors (Lipinski definition) is 29. The van der Waals surface area contributed by atoms with Crippen LogP contribution in [-0.2, 0) is 58.3 Å². The summed E-state index contributed by atoms with van der Waals surface area (Å²) >= 11 is 1.28. The molecule has 7 amide bonds. The second-order valence-electron chi connectivity index (χ2n) is 37.9. The predicted octanol–water partition coefficient (Wildman–Crippen LogP) is 3.01. The maximum Gasteiger partial charge on any atom is 0.340 e. The van der Waals surface area contributed by atoms with Gasteiger partial charge in [-0.05, 0) is 177 Å². The number of rotatable bonds is 71. The molecule has 0 fully saturated rings. The molecule has 1 spiro atoms. The van der Waals surface area contributed by atoms with Crippen molar-refractivity contribution in [1.29, 1.82) is 37.9 Å². The molecule has 6 aromatic rings. The summed E-state index contributed by atoms with van der Waals surface area (Å²) in [7, 11) is 7.60. The molecule has 2 aliphatic heterocycles. The summed E-state index contributed by atoms with van der Waals surface area (Å²) < 4.78 is 12.9. The number of fused-ring (bicyclic) bond motifs is 7. The van der Waals surface area contributed by atoms with Crippen LogP contribution in [0.4, 0.5) is 11.4 Å². The Hall–Kier alpha value is -15.7. The number of nitrogens with two attached hydrogens (primary N) is 8. The van der Waals surface area contributed by atoms with Crippen LogP contribution in [0.25, 0.3) is 21.7 Å². The van der Waals surface area contributed by atoms with E-state index in [-0.39, 0.29) is 226 Å². The first kappa shape index (κ1) is 120. The van der Waals surface area contributed by atoms with Gasteiger partial charge in [0.2, 0.25) is 29.5 Å². The molecule has 50 heteroatoms. The van der Waals surface area contributed by atoms with Crippen LogP contribution in [0.15, 0.2) is 79.4 Å². The van der Waals surface area contributed by atoms with Gasteiger partial charge >= 0.3 is 5.97 Å². The molecule has 0 bridgehead atoms. The molecule has 8 rings (SSSR count). The number of hydrogen-bond acceptors (Lipinski definition) is 28. The zero-order valence-electron chi connectivity index (χ0n) is 85.8. The number of H-pyrrole nitrogens is 1. The fourth-order valence-electron chi connectivity index (χ4n) is 17.9. The van der Waals surface area contributed by atoms with Gasteiger partial charge in [-0.3, -0.25) is 95.4 Å². The Balaban J connectivity index is 0.897. The van der Waals surface area contributed by atoms with Crippen LogP contribution in [0.5, 0.6) is 11.5 Å². The fraction of sp³-hybridized carbons (Fsp3) is 0.530. The summed E-state index contributed by atoms with van der Waals surface area (Å²) in [5.41, 5.74) is 49.5. The molecule has 0 saturated heterocycles. The normalized spacial score (nSPS) is 13.5. The average molecular weight is 2100 g/mol. The van der Waals surface area contributed by atoms with Gasteiger partial charge in [0.1, 0.15) is 40.6 Å². The van der Waals surface area contributed by atoms with Crippen molar-refractivity contribution in [2.75, 3.05) is 103 Å². The molecular weight excluding hydrogens is 1950 g/mol. The van der Waals surface area contributed by atoms with E-state index in [4.69, 9.17) is 93.2 Å². The van der Waals surface area contributed by atoms with E-state index in [9.17, 15) is 43.2 Å². The Labute approximate surface area is 875 Å². The lowest BCUT2D eigenvalue weighted by atomic mass is 9.77. The largest absolute Gasteiger partial charge is 0.456 e. The van der Waals surface area contributed by atoms with Crippen molar-refractivity contribution >= 4 is 152 Å². The molecule has 0 saturated carbocycles. The minimum atomic E-state index is -1.42. The smallest absolute Gasteiger partial charge is 0.340 e. The quantitative estimate of drug-likeness (QED) is 0.0113. The van der Waals surface area contributed by atoms with Crippen molar-refractivity contribution in [1.82, 2.24) is 89.1 Å². The van der Waals surface area contributed by atoms with Gasteiger partial charge in [0.15, 0.2) is 70.3 Å². The van der Waals surface area contributed by atoms with E-state index in [0.29, 0.717) is 121 Å². The Bertz CT molecular complexity index is 5670. The van der Waals surface area contributed by atoms with E-state index in [1.54, 1.807) is 18.2 Å². The average Bonchev–Trinajstić information content (AvgIpc) is 1.52. The number of carbonyl (C=O) groups excluding carboxylic acids is 13. The number of anilines is 2. The molecule has 37 N–H and O–H groups in total. The number of esters is 1. The van der Waals surface area contributed by atoms with Crippen molar-refractivity contribution in [2.24, 2.45) is 75.5 Å². The van der Waals surface area contributed by atoms with E-state index in [1.165, 1.54) is 30.1 Å². The maximum atomic E-state index is 15.2. The monoisotopic (exact) mass is 2100 g/mol. The zero-order chi connectivity index (χ0) is 110. The molecule has 3 aromatic carbocycles. The van der Waals surface area contributed by atoms with Crippen LogP contribution in [-0.4, -0.2) is 250 Å². The van der Waals surface area contributed by atoms with Crippen LogP contribution in [0.3, 0.4) is 0 Å². The molecule has 816 valence electrons. The molecular formula is C100H150N34O15S. The van der Waals surface area contributed by atoms with Crippen LogP contribution < -0.4 is 130 Å². The lowest BCUT2D eigenvalue weighted by Crippen LogP contribution is -2.49. The van der Waals surface area contributed by atoms with Crippen molar-refractivity contribution in [3.63, 3.8) is 0 Å². The molecule has 0 radical (unpaired) electrons. The van der Waals surface area contributed by atoms with Gasteiger partial charge < -0.3 is 139 Å². The molecule has 49 nitrogen and oxygen atoms in total. The predicted molar refractivity (Wildman–Crippen MR) is 571 cm³/mol. The summed E-state index contributed by atoms with van der Waals surface area (Å²) in [6.07, 6.45) is 6.25. The Morgan fingerprint density at radius 2 is 0.760 bits per heavy atom. The van der Waals surface area contributed by atoms with Crippen LogP contribution in [0, 0.1) is 67.5 Å². The Kier molecular flexibility index (Phi) is 48.8. The van der Waals surface area contributed by atoms with E-state index in [0.717, 1.165) is 16.3 Å². The molecule has 8 atom stereocenters. The number of primary amides is 1. The van der Waals surface area contributed by atoms with Crippen molar-refractivity contribution < 1.29 is 71.8 Å². The third-order valence-corrected chi connectivity index (χ3v) is 27.0. The highest BCUT2D eigenvalue weighted by Gasteiger charge is 2.54. The van der Waals surface area contributed by atoms with E-state index in [2.05, 4.69) is 89.1 Å². The van der Waals surface area contributed by atoms with E-state index >= 15 is 19.2 Å². The highest BCUT2D eigenvalue weighted by atomic mass is 32.1. The minimum Gasteiger partial charge on any atom is -0.456 e. The molecule has 2 aliphatic rings. The summed E-state index contributed by atoms with van der Waals surface area (Å²) in [6.45, 7) is 1.39. The second-order valence-corrected chi connectivity index (χ2v) is 39.0. The number of nitrogens with zero attached hydrogens (tertiary/aromatic N) is 5. The fourth-order valence-corrected chi connectivity index (χ4v) is 18.8. The standard InChI is InChI=1S/C100H150N34O15S/c1-133(2)64-31-34-70-78(54-64)148-79-55-65(134(3)4)32-35-71(79)100(70)69-33-30-63(50-68(69)92(147)149-100)87(142)117-40-12-9-20-58(84(101)140)51-75(137)72(27-17-45-123-97(110)111)131-89(144)61(23-15-43-121-95(106)107)53-77(139)74(29-19-47-125-99(114)115)132-90(145)62(24-16-44-122-96(108)109)52-76(138)73(28-18-46-124-98(112)113)130-88(143)60(22-14-42-120-94(104)105)49-67(136)26-7-5-10-38-116-86(141)59(21-13-41-119-93(102)103)48-66(135)25-8-6-11-39-118-91(146)81-37-36-80(150-81)82-83-85(128-56-126-82)129-57-127-83/h30-37,50,54-62,72-74H,5-29,38-49,51-53H2,1-4H3,(H2,101,140)(H,116,141)(H,117,142)(H,118,146)(H,130,143)(H,131,144)(H,132,145)(H4,102,103,119)(H4,104,105,120)(H4,106,107,121)(H4,108,109,122)(H4,110,111,123)(H4,112,113,124)(H4,114,115,125)(H,126,127,128,129)/t58-,59-,60-,61-,62-,72+,73+,74+/m0/s1. The van der Waals surface area contributed by atoms with Gasteiger partial charge in [-0.1, -0.05) is 25.3 Å². The number of ketones is 5. The summed E-state index contributed by atoms with van der Waals surface area (Å²) in [4.78, 5) is 207. The van der Waals surface area contributed by atoms with E-state index < -0.39 is 143 Å². The number of thiophene rings is 1. The van der Waals surface area contributed by atoms with Crippen LogP contribution >= 0.6 is 11.3 Å². The number of unbranched alkanes of at least 4 members (excludes halogenated alkanes) is 5. The number of ether oxygens (including phenoxy) is 2. The summed E-state index contributed by atoms with van der Waals surface area (Å²) in [5.74, 6) is -14.1. The summed E-state index contributed by atoms with van der Waals surface area (Å²) in [6, 6.07) is 15.5. The number of nitrogens with one attached hydrogen (secondary N) is 21. The molecule has 0 aliphatic carbocycles. The first-order chi connectivity index (χ1) is 71.6. The third-order valence-electron chi connectivity index (χ3n) is 25.9. The highest BCUT2D eigenvalue weighted by molar-refractivity contribution is 7.17. The lowest BCUT2D eigenvalue weighted by molar-refractivity contribution is -0.136. The van der Waals surface area contributed by atoms with Crippen LogP contribution in [0.1, 0.15) is 240 Å². The molecule has 0 unspecified atom stereocenters. The number of benzene rings is 3. The van der Waals surface area contributed by atoms with Gasteiger partial charge in [-0.25, -0.2) is 19.7 Å². The second kappa shape index (κ2) is 61.2. The minimum absolute atomic E-state index is 0.0198. The maximum absolute atomic E-state index is 15.2. The first-order valence-electron chi connectivity index (χ1n) is 50.8. The lowest BCUT2D eigenvalue weighted by Gasteiger charge is -2.37. The zero-order valence-corrected chi connectivity index (χ0v) is 86.6. The Morgan fingerprint density at radius 1 is 0.387 bits per heavy atom. The number of aromatic amines is 1. The van der Waals surface area contributed by atoms with Gasteiger partial charge in [0.05, 0.1) is 39.8 Å². The van der Waals surface area contributed by atoms with Crippen LogP contribution in [0.2, 0.25) is 0 Å². The van der Waals surface area contributed by atoms with Crippen molar-refractivity contribution in [2.45, 2.75) is 216 Å². The number of imidazole rings is 1. The highest BCUT2D eigenvalue weighted by Crippen LogP contribution is 2.57. The molecule has 3 aromatic heterocycles. The Morgan fingerprint density at radius 3 is 1.18 bits per heavy atom. The van der Waals surface area contributed by atoms with Gasteiger partial charge in [-0.2, -0.15) is 0 Å². The van der Waals surface area contributed by atoms with Gasteiger partial charge in [-0.15, -0.1) is 11.3 Å². The first-order valence-corrected chi connectivity index (χ1v) is 51.6. The number of guanidine groups is 7. The SMILES string of the molecule is CN(C)c1ccc2c(c1)Oc1cc(N(C)C)ccc1C21OC(=O)c2cc(C(=O)NCCCC[C@@H](CC(=O)[C@@H](CCCNC(=N)N)NC(=O)[C@@H](CCCNC(=N)N)CC(=O)[C@@H](CCCNC(=N)N)NC(=O)[C@@H](CCCNC(=N)N)CC(=O)[C@@H](CCCNC(=N)N)NC(=O)[C@@H](CCCNC(=N)N)CC(=O)CCCCCNC(=O)[C@@H](CCCNC(=N)N)CC(=O)CCCCCNC(=O)c3ccc(-c4ncnc5[nH]cnc45)s3)C(N)=O)ccc21. The molecule has 5 heterocycles. The van der Waals surface area contributed by atoms with Gasteiger partial charge in [0.25, 0.3) is 11.8 Å². The molecule has 150 heavy (non-hydrogen) atoms. The topological polar surface area (TPSA) is 833 Å². The van der Waals surface area contributed by atoms with Crippen molar-refractivity contribution in [3.8, 4) is 22.1 Å². The van der Waals surface area contributed by atoms with E-state index in [1.807, 2.05) is 80.5 Å². The number of aromatic nitrogens is 4. The van der Waals surface area contributed by atoms with Crippen molar-refractivity contribution in [3.05, 3.63) is 112 Å². The third kappa shape index (κ3) is 38.9. The van der Waals surface area contributed by atoms with Gasteiger partial charge in [0, 0.05) is 214 Å². The number of carbonyl (C=O) groups is 13.